The zero-order valence-corrected chi connectivity index (χ0v) is 18.1. The van der Waals surface area contributed by atoms with Crippen LogP contribution in [-0.4, -0.2) is 27.8 Å². The summed E-state index contributed by atoms with van der Waals surface area (Å²) in [5.74, 6) is 0.466. The number of benzene rings is 3. The van der Waals surface area contributed by atoms with Crippen molar-refractivity contribution in [1.82, 2.24) is 9.97 Å². The first-order chi connectivity index (χ1) is 15.1. The van der Waals surface area contributed by atoms with Gasteiger partial charge in [0.1, 0.15) is 11.9 Å². The van der Waals surface area contributed by atoms with Gasteiger partial charge in [0.2, 0.25) is 5.91 Å². The molecule has 0 saturated carbocycles. The Morgan fingerprint density at radius 1 is 1.00 bits per heavy atom. The van der Waals surface area contributed by atoms with E-state index in [1.807, 2.05) is 60.7 Å². The van der Waals surface area contributed by atoms with Crippen molar-refractivity contribution in [1.29, 1.82) is 0 Å². The first-order valence-electron chi connectivity index (χ1n) is 9.98. The normalized spacial score (nSPS) is 16.3. The minimum absolute atomic E-state index is 0.135. The fraction of sp³-hybridized carbons (Fsp3) is 0.125. The van der Waals surface area contributed by atoms with Crippen molar-refractivity contribution in [3.8, 4) is 0 Å². The van der Waals surface area contributed by atoms with E-state index in [0.29, 0.717) is 12.1 Å². The number of carbonyl (C=O) groups is 2. The van der Waals surface area contributed by atoms with E-state index in [-0.39, 0.29) is 18.2 Å². The number of aromatic nitrogens is 2. The lowest BCUT2D eigenvalue weighted by molar-refractivity contribution is -0.121. The predicted molar refractivity (Wildman–Crippen MR) is 124 cm³/mol. The molecule has 0 radical (unpaired) electrons. The highest BCUT2D eigenvalue weighted by Crippen LogP contribution is 2.26. The molecule has 0 bridgehead atoms. The lowest BCUT2D eigenvalue weighted by Gasteiger charge is -2.16. The molecule has 1 aromatic heterocycles. The monoisotopic (exact) mass is 474 g/mol. The van der Waals surface area contributed by atoms with Gasteiger partial charge < -0.3 is 10.3 Å². The predicted octanol–water partition coefficient (Wildman–Crippen LogP) is 4.66. The fourth-order valence-electron chi connectivity index (χ4n) is 3.81. The van der Waals surface area contributed by atoms with Crippen molar-refractivity contribution in [3.63, 3.8) is 0 Å². The molecule has 0 spiro atoms. The molecule has 0 aliphatic carbocycles. The molecule has 1 aliphatic rings. The van der Waals surface area contributed by atoms with E-state index < -0.39 is 6.04 Å². The van der Waals surface area contributed by atoms with E-state index >= 15 is 0 Å². The number of carbonyl (C=O) groups excluding carboxylic acids is 2. The van der Waals surface area contributed by atoms with Gasteiger partial charge in [-0.25, -0.2) is 9.88 Å². The van der Waals surface area contributed by atoms with Crippen LogP contribution in [0.1, 0.15) is 17.8 Å². The highest BCUT2D eigenvalue weighted by molar-refractivity contribution is 9.10. The molecule has 4 aromatic rings. The van der Waals surface area contributed by atoms with Crippen molar-refractivity contribution in [2.45, 2.75) is 18.9 Å². The lowest BCUT2D eigenvalue weighted by Crippen LogP contribution is -2.34. The Kier molecular flexibility index (Phi) is 5.03. The summed E-state index contributed by atoms with van der Waals surface area (Å²) in [6, 6.07) is 22.4. The third-order valence-electron chi connectivity index (χ3n) is 5.34. The molecule has 3 aromatic carbocycles. The summed E-state index contributed by atoms with van der Waals surface area (Å²) in [6.07, 6.45) is 0.822. The Balaban J connectivity index is 1.26. The molecule has 1 atom stereocenters. The average Bonchev–Trinajstić information content (AvgIpc) is 3.30. The number of amides is 2. The number of imidazole rings is 1. The number of hydrogen-bond donors (Lipinski definition) is 2. The number of anilines is 2. The Hall–Kier alpha value is -3.45. The second-order valence-electron chi connectivity index (χ2n) is 7.52. The standard InChI is InChI=1S/C24H19BrN4O2/c25-16-7-11-18(12-8-16)29-23(30)14-21(24(29)31)26-17-9-5-15(6-10-17)13-22-27-19-3-1-2-4-20(19)28-22/h1-12,21,26H,13-14H2,(H,27,28)/t21-/m1/s1. The minimum Gasteiger partial charge on any atom is -0.373 e. The van der Waals surface area contributed by atoms with Crippen molar-refractivity contribution in [2.75, 3.05) is 10.2 Å². The molecule has 6 nitrogen and oxygen atoms in total. The van der Waals surface area contributed by atoms with Gasteiger partial charge in [-0.05, 0) is 54.1 Å². The third kappa shape index (κ3) is 3.96. The summed E-state index contributed by atoms with van der Waals surface area (Å²) >= 11 is 3.37. The highest BCUT2D eigenvalue weighted by atomic mass is 79.9. The molecule has 1 fully saturated rings. The van der Waals surface area contributed by atoms with Crippen LogP contribution in [0, 0.1) is 0 Å². The van der Waals surface area contributed by atoms with Crippen molar-refractivity contribution in [3.05, 3.63) is 88.7 Å². The highest BCUT2D eigenvalue weighted by Gasteiger charge is 2.39. The molecule has 5 rings (SSSR count). The van der Waals surface area contributed by atoms with Crippen LogP contribution < -0.4 is 10.2 Å². The zero-order valence-electron chi connectivity index (χ0n) is 16.5. The van der Waals surface area contributed by atoms with Crippen molar-refractivity contribution >= 4 is 50.2 Å². The second kappa shape index (κ2) is 8.00. The third-order valence-corrected chi connectivity index (χ3v) is 5.86. The quantitative estimate of drug-likeness (QED) is 0.412. The van der Waals surface area contributed by atoms with Crippen LogP contribution in [0.3, 0.4) is 0 Å². The molecule has 0 unspecified atom stereocenters. The molecular weight excluding hydrogens is 456 g/mol. The molecular formula is C24H19BrN4O2. The summed E-state index contributed by atoms with van der Waals surface area (Å²) < 4.78 is 0.896. The van der Waals surface area contributed by atoms with Gasteiger partial charge in [0, 0.05) is 16.6 Å². The van der Waals surface area contributed by atoms with E-state index in [2.05, 4.69) is 31.2 Å². The van der Waals surface area contributed by atoms with Gasteiger partial charge >= 0.3 is 0 Å². The first-order valence-corrected chi connectivity index (χ1v) is 10.8. The van der Waals surface area contributed by atoms with Crippen LogP contribution in [0.2, 0.25) is 0 Å². The van der Waals surface area contributed by atoms with E-state index in [0.717, 1.165) is 32.6 Å². The van der Waals surface area contributed by atoms with Crippen molar-refractivity contribution in [2.24, 2.45) is 0 Å². The van der Waals surface area contributed by atoms with Crippen LogP contribution in [0.5, 0.6) is 0 Å². The Labute approximate surface area is 187 Å². The van der Waals surface area contributed by atoms with Gasteiger partial charge in [0.05, 0.1) is 23.1 Å². The number of aromatic amines is 1. The van der Waals surface area contributed by atoms with Crippen LogP contribution >= 0.6 is 15.9 Å². The summed E-state index contributed by atoms with van der Waals surface area (Å²) in [5.41, 5.74) is 4.47. The lowest BCUT2D eigenvalue weighted by atomic mass is 10.1. The summed E-state index contributed by atoms with van der Waals surface area (Å²) in [4.78, 5) is 34.5. The molecule has 2 heterocycles. The van der Waals surface area contributed by atoms with Gasteiger partial charge in [0.15, 0.2) is 0 Å². The molecule has 31 heavy (non-hydrogen) atoms. The Morgan fingerprint density at radius 3 is 2.48 bits per heavy atom. The second-order valence-corrected chi connectivity index (χ2v) is 8.43. The number of rotatable bonds is 5. The maximum absolute atomic E-state index is 12.8. The SMILES string of the molecule is O=C1C[C@@H](Nc2ccc(Cc3nc4ccccc4[nH]3)cc2)C(=O)N1c1ccc(Br)cc1. The first kappa shape index (κ1) is 19.5. The van der Waals surface area contributed by atoms with Gasteiger partial charge in [-0.15, -0.1) is 0 Å². The summed E-state index contributed by atoms with van der Waals surface area (Å²) in [6.45, 7) is 0. The van der Waals surface area contributed by atoms with E-state index in [9.17, 15) is 9.59 Å². The van der Waals surface area contributed by atoms with Gasteiger partial charge in [-0.1, -0.05) is 40.2 Å². The maximum Gasteiger partial charge on any atom is 0.256 e. The number of nitrogens with zero attached hydrogens (tertiary/aromatic N) is 2. The van der Waals surface area contributed by atoms with Crippen LogP contribution in [-0.2, 0) is 16.0 Å². The fourth-order valence-corrected chi connectivity index (χ4v) is 4.07. The number of fused-ring (bicyclic) bond motifs is 1. The van der Waals surface area contributed by atoms with Crippen LogP contribution in [0.4, 0.5) is 11.4 Å². The minimum atomic E-state index is -0.572. The number of halogens is 1. The Bertz CT molecular complexity index is 1230. The molecule has 2 amide bonds. The number of para-hydroxylation sites is 2. The zero-order chi connectivity index (χ0) is 21.4. The Morgan fingerprint density at radius 2 is 1.74 bits per heavy atom. The largest absolute Gasteiger partial charge is 0.373 e. The van der Waals surface area contributed by atoms with E-state index in [4.69, 9.17) is 0 Å². The summed E-state index contributed by atoms with van der Waals surface area (Å²) in [7, 11) is 0. The molecule has 1 aliphatic heterocycles. The molecule has 154 valence electrons. The van der Waals surface area contributed by atoms with E-state index in [1.54, 1.807) is 12.1 Å². The topological polar surface area (TPSA) is 78.1 Å². The van der Waals surface area contributed by atoms with E-state index in [1.165, 1.54) is 4.90 Å². The average molecular weight is 475 g/mol. The van der Waals surface area contributed by atoms with Crippen LogP contribution in [0.25, 0.3) is 11.0 Å². The number of nitrogens with one attached hydrogen (secondary N) is 2. The maximum atomic E-state index is 12.8. The van der Waals surface area contributed by atoms with Gasteiger partial charge in [0.25, 0.3) is 5.91 Å². The molecule has 2 N–H and O–H groups in total. The van der Waals surface area contributed by atoms with Crippen LogP contribution in [0.15, 0.2) is 77.3 Å². The summed E-state index contributed by atoms with van der Waals surface area (Å²) in [5, 5.41) is 3.20. The van der Waals surface area contributed by atoms with Crippen molar-refractivity contribution < 1.29 is 9.59 Å². The number of imide groups is 1. The number of hydrogen-bond acceptors (Lipinski definition) is 4. The van der Waals surface area contributed by atoms with Gasteiger partial charge in [-0.2, -0.15) is 0 Å². The molecule has 7 heteroatoms. The molecule has 1 saturated heterocycles. The smallest absolute Gasteiger partial charge is 0.256 e. The number of H-pyrrole nitrogens is 1. The van der Waals surface area contributed by atoms with Gasteiger partial charge in [-0.3, -0.25) is 9.59 Å².